The summed E-state index contributed by atoms with van der Waals surface area (Å²) in [6.07, 6.45) is 1.73. The summed E-state index contributed by atoms with van der Waals surface area (Å²) in [5.41, 5.74) is 5.93. The largest absolute Gasteiger partial charge is 0.416 e. The Bertz CT molecular complexity index is 1080. The molecule has 0 bridgehead atoms. The summed E-state index contributed by atoms with van der Waals surface area (Å²) in [5, 5.41) is 11.6. The van der Waals surface area contributed by atoms with Gasteiger partial charge in [0.25, 0.3) is 0 Å². The van der Waals surface area contributed by atoms with Crippen molar-refractivity contribution in [3.63, 3.8) is 0 Å². The predicted octanol–water partition coefficient (Wildman–Crippen LogP) is 2.56. The third kappa shape index (κ3) is 7.85. The van der Waals surface area contributed by atoms with Crippen molar-refractivity contribution in [3.8, 4) is 0 Å². The Morgan fingerprint density at radius 2 is 1.89 bits per heavy atom. The van der Waals surface area contributed by atoms with Crippen LogP contribution in [0.5, 0.6) is 0 Å². The highest BCUT2D eigenvalue weighted by molar-refractivity contribution is 8.03. The molecule has 208 valence electrons. The molecule has 0 aliphatic carbocycles. The summed E-state index contributed by atoms with van der Waals surface area (Å²) < 4.78 is 40.3. The number of nitrogens with one attached hydrogen (secondary N) is 1. The van der Waals surface area contributed by atoms with E-state index in [9.17, 15) is 22.8 Å². The Balaban J connectivity index is 1.58. The number of thioether (sulfide) groups is 1. The number of carbonyl (C=O) groups is 2. The van der Waals surface area contributed by atoms with Gasteiger partial charge in [0.15, 0.2) is 0 Å². The van der Waals surface area contributed by atoms with Crippen LogP contribution in [0.1, 0.15) is 18.9 Å². The third-order valence-corrected chi connectivity index (χ3v) is 7.71. The van der Waals surface area contributed by atoms with Crippen LogP contribution in [-0.2, 0) is 15.8 Å². The second kappa shape index (κ2) is 13.3. The molecule has 0 radical (unpaired) electrons. The maximum absolute atomic E-state index is 13.4. The maximum Gasteiger partial charge on any atom is 0.416 e. The van der Waals surface area contributed by atoms with Gasteiger partial charge in [-0.25, -0.2) is 0 Å². The van der Waals surface area contributed by atoms with Gasteiger partial charge >= 0.3 is 6.18 Å². The van der Waals surface area contributed by atoms with E-state index in [0.717, 1.165) is 47.6 Å². The number of aliphatic hydroxyl groups excluding tert-OH is 1. The van der Waals surface area contributed by atoms with Crippen LogP contribution in [0.4, 0.5) is 18.9 Å². The zero-order valence-corrected chi connectivity index (χ0v) is 22.2. The van der Waals surface area contributed by atoms with E-state index in [-0.39, 0.29) is 12.5 Å². The topological polar surface area (TPSA) is 102 Å². The molecule has 1 aromatic carbocycles. The Hall–Kier alpha value is -2.80. The van der Waals surface area contributed by atoms with Crippen LogP contribution in [-0.4, -0.2) is 85.2 Å². The fourth-order valence-corrected chi connectivity index (χ4v) is 5.42. The van der Waals surface area contributed by atoms with E-state index < -0.39 is 30.3 Å². The number of hydrogen-bond acceptors (Lipinski definition) is 7. The average Bonchev–Trinajstić information content (AvgIpc) is 2.87. The molecular weight excluding hydrogens is 519 g/mol. The number of allylic oxidation sites excluding steroid dienone is 4. The zero-order valence-electron chi connectivity index (χ0n) is 21.3. The van der Waals surface area contributed by atoms with Gasteiger partial charge in [0.2, 0.25) is 11.8 Å². The molecule has 4 N–H and O–H groups in total. The number of piperazine rings is 1. The molecule has 0 saturated carbocycles. The van der Waals surface area contributed by atoms with E-state index in [4.69, 9.17) is 10.8 Å². The van der Waals surface area contributed by atoms with E-state index in [1.165, 1.54) is 23.9 Å². The second-order valence-corrected chi connectivity index (χ2v) is 10.2. The van der Waals surface area contributed by atoms with Crippen LogP contribution in [0.2, 0.25) is 0 Å². The minimum atomic E-state index is -4.42. The normalized spacial score (nSPS) is 18.0. The van der Waals surface area contributed by atoms with E-state index in [2.05, 4.69) is 16.8 Å². The lowest BCUT2D eigenvalue weighted by atomic mass is 10.1. The standard InChI is InChI=1S/C26H34F3N5O3S/c1-3-4-6-22-18(2)34(21-15-19(26(27,28)29)7-8-23(21)38-22)10-5-9-32-11-13-33(14-12-32)16-24(36)31-20(17-35)25(30)37/h3-4,6-8,15,20,35H,1,5,9-14,16-17H2,2H3,(H2,30,37)(H,31,36)/b6-4-/t20-/m0/s1. The van der Waals surface area contributed by atoms with E-state index >= 15 is 0 Å². The first-order valence-electron chi connectivity index (χ1n) is 12.3. The van der Waals surface area contributed by atoms with Crippen molar-refractivity contribution in [2.24, 2.45) is 5.73 Å². The van der Waals surface area contributed by atoms with Crippen molar-refractivity contribution in [2.45, 2.75) is 30.5 Å². The second-order valence-electron chi connectivity index (χ2n) is 9.15. The lowest BCUT2D eigenvalue weighted by Gasteiger charge is -2.36. The molecule has 1 fully saturated rings. The van der Waals surface area contributed by atoms with Crippen molar-refractivity contribution in [2.75, 3.05) is 57.3 Å². The Morgan fingerprint density at radius 1 is 1.21 bits per heavy atom. The quantitative estimate of drug-likeness (QED) is 0.362. The van der Waals surface area contributed by atoms with E-state index in [1.54, 1.807) is 6.08 Å². The summed E-state index contributed by atoms with van der Waals surface area (Å²) in [4.78, 5) is 31.3. The molecule has 8 nitrogen and oxygen atoms in total. The van der Waals surface area contributed by atoms with E-state index in [1.807, 2.05) is 28.9 Å². The first-order valence-corrected chi connectivity index (χ1v) is 13.2. The predicted molar refractivity (Wildman–Crippen MR) is 142 cm³/mol. The fraction of sp³-hybridized carbons (Fsp3) is 0.462. The number of rotatable bonds is 11. The fourth-order valence-electron chi connectivity index (χ4n) is 4.37. The molecule has 2 aliphatic rings. The molecule has 0 spiro atoms. The maximum atomic E-state index is 13.4. The highest BCUT2D eigenvalue weighted by atomic mass is 32.2. The number of carbonyl (C=O) groups excluding carboxylic acids is 2. The van der Waals surface area contributed by atoms with E-state index in [0.29, 0.717) is 25.3 Å². The number of fused-ring (bicyclic) bond motifs is 1. The van der Waals surface area contributed by atoms with Crippen LogP contribution in [0.15, 0.2) is 58.5 Å². The van der Waals surface area contributed by atoms with Gasteiger partial charge < -0.3 is 26.0 Å². The molecule has 1 atom stereocenters. The van der Waals surface area contributed by atoms with Crippen LogP contribution in [0, 0.1) is 0 Å². The minimum Gasteiger partial charge on any atom is -0.394 e. The molecule has 12 heteroatoms. The highest BCUT2D eigenvalue weighted by Crippen LogP contribution is 2.46. The van der Waals surface area contributed by atoms with Crippen LogP contribution in [0.25, 0.3) is 0 Å². The smallest absolute Gasteiger partial charge is 0.394 e. The van der Waals surface area contributed by atoms with Gasteiger partial charge in [-0.3, -0.25) is 14.5 Å². The number of nitrogens with zero attached hydrogens (tertiary/aromatic N) is 3. The lowest BCUT2D eigenvalue weighted by Crippen LogP contribution is -2.53. The molecule has 3 rings (SSSR count). The molecule has 2 heterocycles. The first kappa shape index (κ1) is 29.8. The van der Waals surface area contributed by atoms with Gasteiger partial charge in [-0.2, -0.15) is 13.2 Å². The summed E-state index contributed by atoms with van der Waals surface area (Å²) in [7, 11) is 0. The van der Waals surface area contributed by atoms with Crippen LogP contribution < -0.4 is 16.0 Å². The van der Waals surface area contributed by atoms with Crippen molar-refractivity contribution in [3.05, 3.63) is 59.2 Å². The number of primary amides is 1. The van der Waals surface area contributed by atoms with Crippen LogP contribution >= 0.6 is 11.8 Å². The van der Waals surface area contributed by atoms with Crippen molar-refractivity contribution < 1.29 is 27.9 Å². The van der Waals surface area contributed by atoms with Gasteiger partial charge in [-0.05, 0) is 44.2 Å². The first-order chi connectivity index (χ1) is 18.0. The van der Waals surface area contributed by atoms with Gasteiger partial charge in [0, 0.05) is 48.2 Å². The summed E-state index contributed by atoms with van der Waals surface area (Å²) in [5.74, 6) is -1.16. The van der Waals surface area contributed by atoms with Gasteiger partial charge in [-0.1, -0.05) is 30.5 Å². The Kier molecular flexibility index (Phi) is 10.4. The molecule has 2 aliphatic heterocycles. The number of hydrogen-bond donors (Lipinski definition) is 3. The van der Waals surface area contributed by atoms with Crippen LogP contribution in [0.3, 0.4) is 0 Å². The van der Waals surface area contributed by atoms with Gasteiger partial charge in [0.05, 0.1) is 24.4 Å². The number of amides is 2. The Morgan fingerprint density at radius 3 is 2.50 bits per heavy atom. The lowest BCUT2D eigenvalue weighted by molar-refractivity contribution is -0.137. The molecule has 0 aromatic heterocycles. The average molecular weight is 554 g/mol. The van der Waals surface area contributed by atoms with Gasteiger partial charge in [-0.15, -0.1) is 0 Å². The molecule has 2 amide bonds. The molecule has 38 heavy (non-hydrogen) atoms. The SMILES string of the molecule is C=C/C=C\C1=C(C)N(CCCN2CCN(CC(=O)N[C@@H](CO)C(N)=O)CC2)c2cc(C(F)(F)F)ccc2S1. The number of aliphatic hydroxyl groups is 1. The number of alkyl halides is 3. The minimum absolute atomic E-state index is 0.104. The van der Waals surface area contributed by atoms with Crippen molar-refractivity contribution >= 4 is 29.3 Å². The number of halogens is 3. The van der Waals surface area contributed by atoms with Crippen molar-refractivity contribution in [1.82, 2.24) is 15.1 Å². The third-order valence-electron chi connectivity index (χ3n) is 6.49. The molecular formula is C26H34F3N5O3S. The number of benzene rings is 1. The summed E-state index contributed by atoms with van der Waals surface area (Å²) in [6, 6.07) is 2.78. The zero-order chi connectivity index (χ0) is 27.9. The molecule has 1 aromatic rings. The van der Waals surface area contributed by atoms with Gasteiger partial charge in [0.1, 0.15) is 6.04 Å². The highest BCUT2D eigenvalue weighted by Gasteiger charge is 2.33. The number of anilines is 1. The molecule has 0 unspecified atom stereocenters. The summed E-state index contributed by atoms with van der Waals surface area (Å²) >= 11 is 1.45. The monoisotopic (exact) mass is 553 g/mol. The molecule has 1 saturated heterocycles. The Labute approximate surface area is 225 Å². The summed E-state index contributed by atoms with van der Waals surface area (Å²) in [6.45, 7) is 9.28. The van der Waals surface area contributed by atoms with Crippen molar-refractivity contribution in [1.29, 1.82) is 0 Å². The number of nitrogens with two attached hydrogens (primary N) is 1.